The molecule has 7 heteroatoms. The Balaban J connectivity index is 1.52. The van der Waals surface area contributed by atoms with Crippen molar-refractivity contribution in [2.75, 3.05) is 5.32 Å². The number of nitrogens with zero attached hydrogens (tertiary/aromatic N) is 2. The maximum absolute atomic E-state index is 13.7. The molecule has 4 nitrogen and oxygen atoms in total. The Bertz CT molecular complexity index is 1610. The molecule has 1 amide bonds. The first-order chi connectivity index (χ1) is 18.9. The molecule has 0 radical (unpaired) electrons. The highest BCUT2D eigenvalue weighted by molar-refractivity contribution is 14.1. The lowest BCUT2D eigenvalue weighted by atomic mass is 9.72. The van der Waals surface area contributed by atoms with Crippen LogP contribution in [0.15, 0.2) is 53.5 Å². The normalized spacial score (nSPS) is 15.4. The highest BCUT2D eigenvalue weighted by atomic mass is 127. The van der Waals surface area contributed by atoms with Gasteiger partial charge in [0.25, 0.3) is 5.91 Å². The molecule has 1 N–H and O–H groups in total. The van der Waals surface area contributed by atoms with Crippen LogP contribution in [0.2, 0.25) is 5.02 Å². The smallest absolute Gasteiger partial charge is 0.259 e. The third-order valence-electron chi connectivity index (χ3n) is 8.01. The fraction of sp³-hybridized carbons (Fsp3) is 0.333. The van der Waals surface area contributed by atoms with E-state index in [0.717, 1.165) is 58.2 Å². The third-order valence-corrected chi connectivity index (χ3v) is 10.6. The minimum Gasteiger partial charge on any atom is -0.322 e. The molecule has 0 fully saturated rings. The number of hydrogen-bond donors (Lipinski definition) is 1. The Kier molecular flexibility index (Phi) is 8.33. The van der Waals surface area contributed by atoms with Crippen molar-refractivity contribution in [3.63, 3.8) is 0 Å². The first-order valence-electron chi connectivity index (χ1n) is 13.6. The van der Waals surface area contributed by atoms with Gasteiger partial charge in [-0.1, -0.05) is 38.4 Å². The number of carbonyl (C=O) groups is 1. The molecule has 2 aromatic heterocycles. The van der Waals surface area contributed by atoms with Crippen LogP contribution in [0.25, 0.3) is 5.69 Å². The van der Waals surface area contributed by atoms with Gasteiger partial charge in [-0.15, -0.1) is 11.3 Å². The maximum atomic E-state index is 13.7. The van der Waals surface area contributed by atoms with Gasteiger partial charge in [0.2, 0.25) is 0 Å². The molecule has 0 saturated heterocycles. The van der Waals surface area contributed by atoms with E-state index >= 15 is 0 Å². The van der Waals surface area contributed by atoms with Gasteiger partial charge in [-0.2, -0.15) is 0 Å². The van der Waals surface area contributed by atoms with Gasteiger partial charge in [0, 0.05) is 48.0 Å². The molecular weight excluding hydrogens is 649 g/mol. The zero-order valence-corrected chi connectivity index (χ0v) is 27.6. The quantitative estimate of drug-likeness (QED) is 0.165. The fourth-order valence-electron chi connectivity index (χ4n) is 5.53. The molecule has 0 bridgehead atoms. The highest BCUT2D eigenvalue weighted by Gasteiger charge is 2.33. The molecule has 1 aliphatic rings. The number of anilines is 1. The van der Waals surface area contributed by atoms with Crippen molar-refractivity contribution in [1.82, 2.24) is 4.57 Å². The lowest BCUT2D eigenvalue weighted by Gasteiger charge is -2.33. The summed E-state index contributed by atoms with van der Waals surface area (Å²) in [5, 5.41) is 4.51. The van der Waals surface area contributed by atoms with Gasteiger partial charge in [0.05, 0.1) is 5.56 Å². The first-order valence-corrected chi connectivity index (χ1v) is 15.9. The van der Waals surface area contributed by atoms with Gasteiger partial charge >= 0.3 is 0 Å². The van der Waals surface area contributed by atoms with Gasteiger partial charge in [0.15, 0.2) is 0 Å². The molecule has 2 aromatic carbocycles. The molecule has 0 aliphatic heterocycles. The lowest BCUT2D eigenvalue weighted by Crippen LogP contribution is -2.27. The Morgan fingerprint density at radius 2 is 1.85 bits per heavy atom. The molecule has 4 aromatic rings. The summed E-state index contributed by atoms with van der Waals surface area (Å²) in [4.78, 5) is 20.0. The van der Waals surface area contributed by atoms with Crippen molar-refractivity contribution >= 4 is 68.3 Å². The van der Waals surface area contributed by atoms with E-state index in [4.69, 9.17) is 16.6 Å². The van der Waals surface area contributed by atoms with Gasteiger partial charge in [-0.3, -0.25) is 4.79 Å². The molecular formula is C33H35ClIN3OS. The van der Waals surface area contributed by atoms with E-state index in [-0.39, 0.29) is 11.3 Å². The van der Waals surface area contributed by atoms with E-state index in [1.54, 1.807) is 23.5 Å². The summed E-state index contributed by atoms with van der Waals surface area (Å²) in [6, 6.07) is 16.0. The minimum atomic E-state index is -0.110. The molecule has 208 valence electrons. The van der Waals surface area contributed by atoms with Gasteiger partial charge in [-0.25, -0.2) is 4.99 Å². The van der Waals surface area contributed by atoms with Crippen molar-refractivity contribution in [2.24, 2.45) is 16.3 Å². The van der Waals surface area contributed by atoms with E-state index < -0.39 is 0 Å². The molecule has 0 unspecified atom stereocenters. The first kappa shape index (κ1) is 29.1. The van der Waals surface area contributed by atoms with Crippen molar-refractivity contribution < 1.29 is 4.79 Å². The zero-order chi connectivity index (χ0) is 28.8. The number of aliphatic imine (C=N–C) groups is 1. The highest BCUT2D eigenvalue weighted by Crippen LogP contribution is 2.45. The summed E-state index contributed by atoms with van der Waals surface area (Å²) in [7, 11) is 0. The number of hydrogen-bond acceptors (Lipinski definition) is 3. The molecule has 40 heavy (non-hydrogen) atoms. The monoisotopic (exact) mass is 683 g/mol. The van der Waals surface area contributed by atoms with E-state index in [1.165, 1.54) is 14.0 Å². The number of benzene rings is 2. The van der Waals surface area contributed by atoms with Gasteiger partial charge < -0.3 is 9.88 Å². The van der Waals surface area contributed by atoms with E-state index in [0.29, 0.717) is 16.5 Å². The van der Waals surface area contributed by atoms with E-state index in [1.807, 2.05) is 18.3 Å². The second-order valence-corrected chi connectivity index (χ2v) is 14.5. The number of nitrogens with one attached hydrogen (secondary N) is 1. The molecule has 0 saturated carbocycles. The number of halogens is 2. The number of thiophene rings is 1. The van der Waals surface area contributed by atoms with Crippen LogP contribution in [0.5, 0.6) is 0 Å². The largest absolute Gasteiger partial charge is 0.322 e. The third kappa shape index (κ3) is 5.95. The number of fused-ring (bicyclic) bond motifs is 1. The second kappa shape index (κ2) is 11.5. The molecule has 1 aliphatic carbocycles. The summed E-state index contributed by atoms with van der Waals surface area (Å²) in [6.45, 7) is 13.3. The summed E-state index contributed by atoms with van der Waals surface area (Å²) in [5.41, 5.74) is 8.56. The Hall–Kier alpha value is -2.42. The predicted octanol–water partition coefficient (Wildman–Crippen LogP) is 9.88. The van der Waals surface area contributed by atoms with Crippen LogP contribution >= 0.6 is 45.5 Å². The van der Waals surface area contributed by atoms with Crippen LogP contribution in [0.3, 0.4) is 0 Å². The van der Waals surface area contributed by atoms with Crippen LogP contribution in [-0.2, 0) is 12.8 Å². The number of aryl methyl sites for hydroxylation is 2. The summed E-state index contributed by atoms with van der Waals surface area (Å²) >= 11 is 10.1. The standard InChI is InChI=1S/C33H35ClIN3OS/c1-19-7-13-26(17-28(19)35)38-20(2)15-22(21(38)3)18-36-32-30(31(39)37-25-11-9-24(34)10-12-25)27-14-8-23(33(4,5)6)16-29(27)40-32/h7,9-13,15,17-18,23H,8,14,16H2,1-6H3,(H,37,39)/t23-/m0/s1. The van der Waals surface area contributed by atoms with Crippen LogP contribution < -0.4 is 5.32 Å². The number of aromatic nitrogens is 1. The molecule has 2 heterocycles. The average molecular weight is 684 g/mol. The summed E-state index contributed by atoms with van der Waals surface area (Å²) in [5.74, 6) is 0.472. The van der Waals surface area contributed by atoms with Gasteiger partial charge in [0.1, 0.15) is 5.00 Å². The van der Waals surface area contributed by atoms with Gasteiger partial charge in [-0.05, 0) is 128 Å². The Morgan fingerprint density at radius 1 is 1.12 bits per heavy atom. The maximum Gasteiger partial charge on any atom is 0.259 e. The van der Waals surface area contributed by atoms with Crippen LogP contribution in [0, 0.1) is 35.7 Å². The van der Waals surface area contributed by atoms with Crippen molar-refractivity contribution in [3.05, 3.63) is 95.6 Å². The average Bonchev–Trinajstić information content (AvgIpc) is 3.40. The Morgan fingerprint density at radius 3 is 2.52 bits per heavy atom. The predicted molar refractivity (Wildman–Crippen MR) is 179 cm³/mol. The molecule has 1 atom stereocenters. The summed E-state index contributed by atoms with van der Waals surface area (Å²) in [6.07, 6.45) is 4.89. The van der Waals surface area contributed by atoms with E-state index in [2.05, 4.69) is 98.3 Å². The SMILES string of the molecule is Cc1ccc(-n2c(C)cc(C=Nc3sc4c(c3C(=O)Nc3ccc(Cl)cc3)CC[C@H](C(C)(C)C)C4)c2C)cc1I. The number of amides is 1. The van der Waals surface area contributed by atoms with Crippen LogP contribution in [0.4, 0.5) is 10.7 Å². The number of carbonyl (C=O) groups excluding carboxylic acids is 1. The lowest BCUT2D eigenvalue weighted by molar-refractivity contribution is 0.102. The second-order valence-electron chi connectivity index (χ2n) is 11.8. The van der Waals surface area contributed by atoms with Crippen molar-refractivity contribution in [1.29, 1.82) is 0 Å². The molecule has 0 spiro atoms. The van der Waals surface area contributed by atoms with Crippen molar-refractivity contribution in [2.45, 2.75) is 60.8 Å². The fourth-order valence-corrected chi connectivity index (χ4v) is 7.42. The van der Waals surface area contributed by atoms with E-state index in [9.17, 15) is 4.79 Å². The number of rotatable bonds is 5. The Labute approximate surface area is 260 Å². The zero-order valence-electron chi connectivity index (χ0n) is 23.9. The van der Waals surface area contributed by atoms with Crippen molar-refractivity contribution in [3.8, 4) is 5.69 Å². The summed E-state index contributed by atoms with van der Waals surface area (Å²) < 4.78 is 3.51. The van der Waals surface area contributed by atoms with Crippen LogP contribution in [-0.4, -0.2) is 16.7 Å². The van der Waals surface area contributed by atoms with Crippen LogP contribution in [0.1, 0.15) is 70.5 Å². The molecule has 5 rings (SSSR count). The minimum absolute atomic E-state index is 0.110. The topological polar surface area (TPSA) is 46.4 Å².